The largest absolute Gasteiger partial charge is 0.493 e. The van der Waals surface area contributed by atoms with Crippen molar-refractivity contribution in [3.63, 3.8) is 0 Å². The second-order valence-corrected chi connectivity index (χ2v) is 4.95. The third kappa shape index (κ3) is 3.64. The Labute approximate surface area is 134 Å². The number of hydrogen-bond acceptors (Lipinski definition) is 4. The average molecular weight is 323 g/mol. The van der Waals surface area contributed by atoms with Crippen molar-refractivity contribution < 1.29 is 23.0 Å². The van der Waals surface area contributed by atoms with Gasteiger partial charge in [-0.25, -0.2) is 8.78 Å². The Morgan fingerprint density at radius 2 is 1.52 bits per heavy atom. The highest BCUT2D eigenvalue weighted by molar-refractivity contribution is 5.63. The summed E-state index contributed by atoms with van der Waals surface area (Å²) >= 11 is 0. The number of nitrogens with one attached hydrogen (secondary N) is 1. The Balaban J connectivity index is 2.34. The molecule has 2 aromatic rings. The standard InChI is InChI=1S/C17H19F2NO3/c1-10(13-7-11(18)5-6-14(13)19)20-12-8-15(21-2)17(23-4)16(9-12)22-3/h5-10,20H,1-4H3. The zero-order valence-electron chi connectivity index (χ0n) is 13.4. The van der Waals surface area contributed by atoms with Crippen LogP contribution >= 0.6 is 0 Å². The second-order valence-electron chi connectivity index (χ2n) is 4.95. The highest BCUT2D eigenvalue weighted by Gasteiger charge is 2.16. The van der Waals surface area contributed by atoms with Gasteiger partial charge in [-0.05, 0) is 25.1 Å². The number of ether oxygens (including phenoxy) is 3. The topological polar surface area (TPSA) is 39.7 Å². The van der Waals surface area contributed by atoms with Gasteiger partial charge in [0.05, 0.1) is 27.4 Å². The Bertz CT molecular complexity index is 667. The van der Waals surface area contributed by atoms with Gasteiger partial charge < -0.3 is 19.5 Å². The molecule has 1 N–H and O–H groups in total. The number of halogens is 2. The van der Waals surface area contributed by atoms with Crippen LogP contribution in [0.1, 0.15) is 18.5 Å². The lowest BCUT2D eigenvalue weighted by molar-refractivity contribution is 0.324. The molecule has 0 heterocycles. The summed E-state index contributed by atoms with van der Waals surface area (Å²) in [5, 5.41) is 3.10. The molecule has 0 radical (unpaired) electrons. The molecule has 0 saturated carbocycles. The highest BCUT2D eigenvalue weighted by atomic mass is 19.1. The summed E-state index contributed by atoms with van der Waals surface area (Å²) in [6, 6.07) is 6.33. The van der Waals surface area contributed by atoms with E-state index >= 15 is 0 Å². The van der Waals surface area contributed by atoms with Crippen LogP contribution in [0.25, 0.3) is 0 Å². The summed E-state index contributed by atoms with van der Waals surface area (Å²) < 4.78 is 43.0. The van der Waals surface area contributed by atoms with E-state index < -0.39 is 17.7 Å². The summed E-state index contributed by atoms with van der Waals surface area (Å²) in [5.41, 5.74) is 0.870. The Morgan fingerprint density at radius 3 is 2.04 bits per heavy atom. The molecule has 23 heavy (non-hydrogen) atoms. The minimum atomic E-state index is -0.486. The Morgan fingerprint density at radius 1 is 0.913 bits per heavy atom. The van der Waals surface area contributed by atoms with Crippen LogP contribution in [0.3, 0.4) is 0 Å². The molecule has 0 aromatic heterocycles. The van der Waals surface area contributed by atoms with Gasteiger partial charge in [0.15, 0.2) is 11.5 Å². The first kappa shape index (κ1) is 16.9. The van der Waals surface area contributed by atoms with E-state index in [2.05, 4.69) is 5.32 Å². The van der Waals surface area contributed by atoms with E-state index in [9.17, 15) is 8.78 Å². The van der Waals surface area contributed by atoms with Crippen LogP contribution in [0.4, 0.5) is 14.5 Å². The van der Waals surface area contributed by atoms with E-state index in [-0.39, 0.29) is 5.56 Å². The van der Waals surface area contributed by atoms with Crippen molar-refractivity contribution in [1.29, 1.82) is 0 Å². The van der Waals surface area contributed by atoms with E-state index in [0.717, 1.165) is 12.1 Å². The molecule has 0 aliphatic carbocycles. The lowest BCUT2D eigenvalue weighted by Crippen LogP contribution is -2.09. The molecule has 0 aliphatic rings. The average Bonchev–Trinajstić information content (AvgIpc) is 2.55. The second kappa shape index (κ2) is 7.17. The van der Waals surface area contributed by atoms with E-state index in [0.29, 0.717) is 22.9 Å². The van der Waals surface area contributed by atoms with Gasteiger partial charge in [-0.1, -0.05) is 0 Å². The van der Waals surface area contributed by atoms with E-state index in [1.54, 1.807) is 19.1 Å². The van der Waals surface area contributed by atoms with Crippen LogP contribution in [0, 0.1) is 11.6 Å². The van der Waals surface area contributed by atoms with Crippen molar-refractivity contribution >= 4 is 5.69 Å². The maximum atomic E-state index is 13.9. The summed E-state index contributed by atoms with van der Waals surface area (Å²) in [6.07, 6.45) is 0. The predicted octanol–water partition coefficient (Wildman–Crippen LogP) is 4.16. The van der Waals surface area contributed by atoms with Crippen molar-refractivity contribution in [3.8, 4) is 17.2 Å². The fourth-order valence-electron chi connectivity index (χ4n) is 2.34. The van der Waals surface area contributed by atoms with Crippen LogP contribution in [0.5, 0.6) is 17.2 Å². The maximum absolute atomic E-state index is 13.9. The molecule has 0 fully saturated rings. The number of methoxy groups -OCH3 is 3. The molecular weight excluding hydrogens is 304 g/mol. The smallest absolute Gasteiger partial charge is 0.203 e. The molecular formula is C17H19F2NO3. The first-order chi connectivity index (χ1) is 11.0. The summed E-state index contributed by atoms with van der Waals surface area (Å²) in [5.74, 6) is 0.450. The third-order valence-corrected chi connectivity index (χ3v) is 3.47. The van der Waals surface area contributed by atoms with Crippen molar-refractivity contribution in [2.75, 3.05) is 26.6 Å². The molecule has 124 valence electrons. The molecule has 6 heteroatoms. The molecule has 2 rings (SSSR count). The van der Waals surface area contributed by atoms with Crippen LogP contribution in [-0.2, 0) is 0 Å². The fraction of sp³-hybridized carbons (Fsp3) is 0.294. The Hall–Kier alpha value is -2.50. The van der Waals surface area contributed by atoms with Crippen molar-refractivity contribution in [2.24, 2.45) is 0 Å². The molecule has 1 unspecified atom stereocenters. The minimum Gasteiger partial charge on any atom is -0.493 e. The number of anilines is 1. The van der Waals surface area contributed by atoms with Gasteiger partial charge in [-0.15, -0.1) is 0 Å². The molecule has 4 nitrogen and oxygen atoms in total. The molecule has 1 atom stereocenters. The Kier molecular flexibility index (Phi) is 5.26. The maximum Gasteiger partial charge on any atom is 0.203 e. The minimum absolute atomic E-state index is 0.235. The molecule has 0 amide bonds. The molecule has 0 aliphatic heterocycles. The third-order valence-electron chi connectivity index (χ3n) is 3.47. The first-order valence-corrected chi connectivity index (χ1v) is 7.01. The lowest BCUT2D eigenvalue weighted by atomic mass is 10.1. The monoisotopic (exact) mass is 323 g/mol. The number of benzene rings is 2. The van der Waals surface area contributed by atoms with E-state index in [1.165, 1.54) is 27.4 Å². The van der Waals surface area contributed by atoms with Crippen LogP contribution in [0.2, 0.25) is 0 Å². The zero-order valence-corrected chi connectivity index (χ0v) is 13.4. The molecule has 0 spiro atoms. The first-order valence-electron chi connectivity index (χ1n) is 7.01. The normalized spacial score (nSPS) is 11.7. The molecule has 0 saturated heterocycles. The summed E-state index contributed by atoms with van der Waals surface area (Å²) in [7, 11) is 4.53. The van der Waals surface area contributed by atoms with Gasteiger partial charge in [0.25, 0.3) is 0 Å². The lowest BCUT2D eigenvalue weighted by Gasteiger charge is -2.19. The summed E-state index contributed by atoms with van der Waals surface area (Å²) in [4.78, 5) is 0. The summed E-state index contributed by atoms with van der Waals surface area (Å²) in [6.45, 7) is 1.74. The van der Waals surface area contributed by atoms with Gasteiger partial charge in [0.2, 0.25) is 5.75 Å². The van der Waals surface area contributed by atoms with Crippen molar-refractivity contribution in [3.05, 3.63) is 47.5 Å². The fourth-order valence-corrected chi connectivity index (χ4v) is 2.34. The van der Waals surface area contributed by atoms with Gasteiger partial charge in [0, 0.05) is 23.4 Å². The van der Waals surface area contributed by atoms with Gasteiger partial charge in [0.1, 0.15) is 11.6 Å². The van der Waals surface area contributed by atoms with Gasteiger partial charge in [-0.2, -0.15) is 0 Å². The van der Waals surface area contributed by atoms with Crippen LogP contribution in [0.15, 0.2) is 30.3 Å². The zero-order chi connectivity index (χ0) is 17.0. The molecule has 0 bridgehead atoms. The SMILES string of the molecule is COc1cc(NC(C)c2cc(F)ccc2F)cc(OC)c1OC. The van der Waals surface area contributed by atoms with Crippen molar-refractivity contribution in [1.82, 2.24) is 0 Å². The quantitative estimate of drug-likeness (QED) is 0.866. The van der Waals surface area contributed by atoms with Gasteiger partial charge in [-0.3, -0.25) is 0 Å². The predicted molar refractivity (Wildman–Crippen MR) is 84.5 cm³/mol. The number of hydrogen-bond donors (Lipinski definition) is 1. The van der Waals surface area contributed by atoms with E-state index in [1.807, 2.05) is 0 Å². The van der Waals surface area contributed by atoms with E-state index in [4.69, 9.17) is 14.2 Å². The molecule has 2 aromatic carbocycles. The number of rotatable bonds is 6. The van der Waals surface area contributed by atoms with Gasteiger partial charge >= 0.3 is 0 Å². The van der Waals surface area contributed by atoms with Crippen molar-refractivity contribution in [2.45, 2.75) is 13.0 Å². The highest BCUT2D eigenvalue weighted by Crippen LogP contribution is 2.40. The van der Waals surface area contributed by atoms with Crippen LogP contribution in [-0.4, -0.2) is 21.3 Å². The van der Waals surface area contributed by atoms with Crippen LogP contribution < -0.4 is 19.5 Å².